The third-order valence-corrected chi connectivity index (χ3v) is 6.75. The fourth-order valence-corrected chi connectivity index (χ4v) is 4.54. The van der Waals surface area contributed by atoms with E-state index in [-0.39, 0.29) is 0 Å². The molecule has 6 rings (SSSR count). The van der Waals surface area contributed by atoms with E-state index >= 15 is 0 Å². The van der Waals surface area contributed by atoms with E-state index in [0.29, 0.717) is 28.2 Å². The minimum absolute atomic E-state index is 0.455. The molecule has 0 aliphatic rings. The first kappa shape index (κ1) is 27.2. The van der Waals surface area contributed by atoms with E-state index in [2.05, 4.69) is 31.0 Å². The van der Waals surface area contributed by atoms with Crippen LogP contribution in [0.15, 0.2) is 77.7 Å². The van der Waals surface area contributed by atoms with Gasteiger partial charge in [-0.25, -0.2) is 19.0 Å². The van der Waals surface area contributed by atoms with Gasteiger partial charge in [-0.2, -0.15) is 10.2 Å². The first-order chi connectivity index (χ1) is 19.4. The molecule has 0 aliphatic heterocycles. The van der Waals surface area contributed by atoms with Crippen LogP contribution in [0.3, 0.4) is 0 Å². The zero-order chi connectivity index (χ0) is 28.2. The normalized spacial score (nSPS) is 10.8. The minimum Gasteiger partial charge on any atom is -0.493 e. The molecule has 0 bridgehead atoms. The first-order valence-electron chi connectivity index (χ1n) is 11.9. The number of hydrogen-bond acceptors (Lipinski definition) is 8. The monoisotopic (exact) mass is 622 g/mol. The topological polar surface area (TPSA) is 97.3 Å². The average molecular weight is 624 g/mol. The highest BCUT2D eigenvalue weighted by atomic mass is 79.9. The molecule has 0 aliphatic carbocycles. The van der Waals surface area contributed by atoms with Gasteiger partial charge < -0.3 is 18.9 Å². The third-order valence-electron chi connectivity index (χ3n) is 6.01. The van der Waals surface area contributed by atoms with Gasteiger partial charge in [0, 0.05) is 11.1 Å². The fraction of sp³-hybridized carbons (Fsp3) is 0.143. The molecule has 4 heterocycles. The summed E-state index contributed by atoms with van der Waals surface area (Å²) in [5.41, 5.74) is 5.00. The Hall–Kier alpha value is -4.35. The number of ether oxygens (including phenoxy) is 4. The maximum absolute atomic E-state index is 5.67. The third kappa shape index (κ3) is 5.38. The van der Waals surface area contributed by atoms with Crippen molar-refractivity contribution in [2.75, 3.05) is 28.4 Å². The summed E-state index contributed by atoms with van der Waals surface area (Å²) < 4.78 is 25.7. The summed E-state index contributed by atoms with van der Waals surface area (Å²) >= 11 is 8.95. The van der Waals surface area contributed by atoms with E-state index in [1.807, 2.05) is 53.0 Å². The van der Waals surface area contributed by atoms with Crippen LogP contribution in [0.4, 0.5) is 0 Å². The van der Waals surface area contributed by atoms with Crippen LogP contribution in [0.5, 0.6) is 23.0 Å². The van der Waals surface area contributed by atoms with Gasteiger partial charge in [0.15, 0.2) is 34.3 Å². The molecule has 0 fully saturated rings. The lowest BCUT2D eigenvalue weighted by molar-refractivity contribution is 0.355. The quantitative estimate of drug-likeness (QED) is 0.215. The van der Waals surface area contributed by atoms with Gasteiger partial charge in [0.05, 0.1) is 52.2 Å². The van der Waals surface area contributed by atoms with Crippen molar-refractivity contribution in [3.8, 4) is 45.5 Å². The van der Waals surface area contributed by atoms with Crippen molar-refractivity contribution in [3.05, 3.63) is 82.8 Å². The van der Waals surface area contributed by atoms with Crippen molar-refractivity contribution < 1.29 is 18.9 Å². The summed E-state index contributed by atoms with van der Waals surface area (Å²) in [4.78, 5) is 8.53. The summed E-state index contributed by atoms with van der Waals surface area (Å²) in [5, 5.41) is 9.26. The van der Waals surface area contributed by atoms with Gasteiger partial charge in [0.2, 0.25) is 0 Å². The number of methoxy groups -OCH3 is 4. The number of aromatic nitrogens is 6. The van der Waals surface area contributed by atoms with E-state index < -0.39 is 0 Å². The molecule has 0 amide bonds. The van der Waals surface area contributed by atoms with Gasteiger partial charge in [0.1, 0.15) is 9.76 Å². The lowest BCUT2D eigenvalue weighted by Crippen LogP contribution is -1.98. The molecule has 10 nitrogen and oxygen atoms in total. The maximum atomic E-state index is 5.67. The van der Waals surface area contributed by atoms with E-state index in [1.165, 1.54) is 0 Å². The van der Waals surface area contributed by atoms with Crippen molar-refractivity contribution in [1.29, 1.82) is 0 Å². The number of nitrogens with zero attached hydrogens (tertiary/aromatic N) is 6. The molecule has 40 heavy (non-hydrogen) atoms. The van der Waals surface area contributed by atoms with E-state index in [1.54, 1.807) is 57.5 Å². The summed E-state index contributed by atoms with van der Waals surface area (Å²) in [6.45, 7) is 0. The zero-order valence-electron chi connectivity index (χ0n) is 22.0. The molecule has 0 saturated heterocycles. The Morgan fingerprint density at radius 3 is 1.88 bits per heavy atom. The van der Waals surface area contributed by atoms with Crippen molar-refractivity contribution in [2.24, 2.45) is 0 Å². The molecule has 0 radical (unpaired) electrons. The molecule has 2 aromatic carbocycles. The fourth-order valence-electron chi connectivity index (χ4n) is 4.04. The Bertz CT molecular complexity index is 1810. The molecular weight excluding hydrogens is 600 g/mol. The summed E-state index contributed by atoms with van der Waals surface area (Å²) in [6, 6.07) is 18.8. The van der Waals surface area contributed by atoms with Crippen molar-refractivity contribution in [3.63, 3.8) is 0 Å². The second kappa shape index (κ2) is 11.8. The number of benzene rings is 2. The van der Waals surface area contributed by atoms with Gasteiger partial charge in [-0.3, -0.25) is 0 Å². The molecule has 0 atom stereocenters. The van der Waals surface area contributed by atoms with Crippen LogP contribution < -0.4 is 18.9 Å². The molecule has 0 spiro atoms. The predicted octanol–water partition coefficient (Wildman–Crippen LogP) is 6.24. The number of hydrogen-bond donors (Lipinski definition) is 0. The lowest BCUT2D eigenvalue weighted by Gasteiger charge is -2.11. The molecule has 6 aromatic rings. The van der Waals surface area contributed by atoms with E-state index in [9.17, 15) is 0 Å². The molecule has 12 heteroatoms. The SMILES string of the molecule is COc1ccc(-c2ccc3ncc(-c4ccc(OC)c(OC)c4)n3n2)cc1OC.Clc1ccc2ncc(Br)n2n1. The zero-order valence-corrected chi connectivity index (χ0v) is 24.3. The Morgan fingerprint density at radius 2 is 1.20 bits per heavy atom. The highest BCUT2D eigenvalue weighted by molar-refractivity contribution is 9.10. The Labute approximate surface area is 243 Å². The van der Waals surface area contributed by atoms with Gasteiger partial charge >= 0.3 is 0 Å². The Balaban J connectivity index is 0.000000244. The van der Waals surface area contributed by atoms with Crippen molar-refractivity contribution >= 4 is 38.8 Å². The molecule has 0 N–H and O–H groups in total. The molecule has 0 saturated carbocycles. The summed E-state index contributed by atoms with van der Waals surface area (Å²) in [7, 11) is 6.46. The summed E-state index contributed by atoms with van der Waals surface area (Å²) in [6.07, 6.45) is 3.47. The smallest absolute Gasteiger partial charge is 0.161 e. The van der Waals surface area contributed by atoms with Gasteiger partial charge in [-0.15, -0.1) is 0 Å². The molecule has 0 unspecified atom stereocenters. The van der Waals surface area contributed by atoms with Crippen LogP contribution in [0.2, 0.25) is 5.15 Å². The number of fused-ring (bicyclic) bond motifs is 2. The summed E-state index contributed by atoms with van der Waals surface area (Å²) in [5.74, 6) is 2.64. The van der Waals surface area contributed by atoms with Crippen molar-refractivity contribution in [2.45, 2.75) is 0 Å². The number of imidazole rings is 2. The predicted molar refractivity (Wildman–Crippen MR) is 156 cm³/mol. The highest BCUT2D eigenvalue weighted by Crippen LogP contribution is 2.34. The largest absolute Gasteiger partial charge is 0.493 e. The molecular formula is C28H24BrClN6O4. The van der Waals surface area contributed by atoms with Crippen LogP contribution >= 0.6 is 27.5 Å². The lowest BCUT2D eigenvalue weighted by atomic mass is 10.1. The van der Waals surface area contributed by atoms with Gasteiger partial charge in [0.25, 0.3) is 0 Å². The first-order valence-corrected chi connectivity index (χ1v) is 13.1. The second-order valence-corrected chi connectivity index (χ2v) is 9.48. The van der Waals surface area contributed by atoms with Crippen LogP contribution in [-0.2, 0) is 0 Å². The van der Waals surface area contributed by atoms with Crippen LogP contribution in [0.25, 0.3) is 33.8 Å². The van der Waals surface area contributed by atoms with Crippen molar-refractivity contribution in [1.82, 2.24) is 29.2 Å². The highest BCUT2D eigenvalue weighted by Gasteiger charge is 2.13. The average Bonchev–Trinajstić information content (AvgIpc) is 3.59. The standard InChI is InChI=1S/C22H21N3O4.C6H3BrClN3/c1-26-18-8-5-14(11-20(18)28-3)16-7-10-22-23-13-17(25(22)24-16)15-6-9-19(27-2)21(12-15)29-4;7-4-3-9-6-2-1-5(8)10-11(4)6/h5-13H,1-4H3;1-3H. The molecule has 4 aromatic heterocycles. The van der Waals surface area contributed by atoms with E-state index in [0.717, 1.165) is 38.4 Å². The number of rotatable bonds is 6. The minimum atomic E-state index is 0.455. The van der Waals surface area contributed by atoms with Gasteiger partial charge in [-0.1, -0.05) is 11.6 Å². The molecule has 204 valence electrons. The Kier molecular flexibility index (Phi) is 8.04. The second-order valence-electron chi connectivity index (χ2n) is 8.28. The van der Waals surface area contributed by atoms with Crippen LogP contribution in [0, 0.1) is 0 Å². The Morgan fingerprint density at radius 1 is 0.625 bits per heavy atom. The van der Waals surface area contributed by atoms with Crippen LogP contribution in [0.1, 0.15) is 0 Å². The number of halogens is 2. The maximum Gasteiger partial charge on any atom is 0.161 e. The van der Waals surface area contributed by atoms with Gasteiger partial charge in [-0.05, 0) is 76.6 Å². The van der Waals surface area contributed by atoms with E-state index in [4.69, 9.17) is 35.6 Å². The van der Waals surface area contributed by atoms with Crippen LogP contribution in [-0.4, -0.2) is 57.6 Å².